The maximum atomic E-state index is 14.3. The Labute approximate surface area is 161 Å². The molecule has 0 aliphatic carbocycles. The number of H-pyrrole nitrogens is 1. The standard InChI is InChI=1S/C17H12F2N10/c18-9-1-12(19)14(20-6-9)11-2-10(3-13-15(11)24-7-23-13)25-17-21-4-8(5-22-17)16-26-28-29-27-16/h1-7,28-29H,(H,23,24)(H,26,27)(H,21,22,25). The van der Waals surface area contributed by atoms with Crippen molar-refractivity contribution in [1.82, 2.24) is 41.4 Å². The molecule has 1 aliphatic rings. The van der Waals surface area contributed by atoms with Gasteiger partial charge in [0.15, 0.2) is 11.7 Å². The van der Waals surface area contributed by atoms with E-state index in [-0.39, 0.29) is 5.69 Å². The van der Waals surface area contributed by atoms with Crippen LogP contribution >= 0.6 is 0 Å². The third-order valence-electron chi connectivity index (χ3n) is 4.17. The molecule has 0 unspecified atom stereocenters. The Bertz CT molecular complexity index is 1230. The highest BCUT2D eigenvalue weighted by Gasteiger charge is 2.15. The minimum Gasteiger partial charge on any atom is -0.345 e. The second-order valence-corrected chi connectivity index (χ2v) is 6.05. The zero-order valence-corrected chi connectivity index (χ0v) is 14.5. The average molecular weight is 394 g/mol. The smallest absolute Gasteiger partial charge is 0.227 e. The molecule has 1 aliphatic heterocycles. The van der Waals surface area contributed by atoms with Gasteiger partial charge < -0.3 is 10.3 Å². The Morgan fingerprint density at radius 3 is 2.55 bits per heavy atom. The maximum absolute atomic E-state index is 14.3. The summed E-state index contributed by atoms with van der Waals surface area (Å²) in [5.41, 5.74) is 10.8. The molecule has 10 nitrogen and oxygen atoms in total. The lowest BCUT2D eigenvalue weighted by Crippen LogP contribution is -2.35. The molecule has 0 fully saturated rings. The molecule has 29 heavy (non-hydrogen) atoms. The Balaban J connectivity index is 1.51. The first-order valence-electron chi connectivity index (χ1n) is 8.39. The van der Waals surface area contributed by atoms with Crippen molar-refractivity contribution in [2.24, 2.45) is 5.10 Å². The summed E-state index contributed by atoms with van der Waals surface area (Å²) in [5.74, 6) is -0.653. The molecule has 0 saturated heterocycles. The van der Waals surface area contributed by atoms with Crippen molar-refractivity contribution in [3.05, 3.63) is 60.3 Å². The molecule has 4 aromatic rings. The van der Waals surface area contributed by atoms with Gasteiger partial charge >= 0.3 is 0 Å². The SMILES string of the molecule is Fc1cnc(-c2cc(Nc3ncc(C4=NNNN4)cn3)cc3[nH]cnc23)c(F)c1. The normalized spacial score (nSPS) is 13.1. The van der Waals surface area contributed by atoms with Crippen LogP contribution in [-0.4, -0.2) is 30.8 Å². The van der Waals surface area contributed by atoms with Crippen LogP contribution in [0.3, 0.4) is 0 Å². The van der Waals surface area contributed by atoms with Crippen molar-refractivity contribution in [3.63, 3.8) is 0 Å². The highest BCUT2D eigenvalue weighted by Crippen LogP contribution is 2.31. The zero-order chi connectivity index (χ0) is 19.8. The largest absolute Gasteiger partial charge is 0.345 e. The minimum atomic E-state index is -0.779. The number of anilines is 2. The molecule has 144 valence electrons. The number of aromatic nitrogens is 5. The zero-order valence-electron chi connectivity index (χ0n) is 14.5. The van der Waals surface area contributed by atoms with Crippen LogP contribution in [0.4, 0.5) is 20.4 Å². The molecule has 1 aromatic carbocycles. The number of hydrogen-bond acceptors (Lipinski definition) is 9. The van der Waals surface area contributed by atoms with E-state index in [2.05, 4.69) is 51.8 Å². The highest BCUT2D eigenvalue weighted by atomic mass is 19.1. The molecular formula is C17H12F2N10. The second kappa shape index (κ2) is 6.76. The van der Waals surface area contributed by atoms with Gasteiger partial charge in [-0.3, -0.25) is 10.4 Å². The van der Waals surface area contributed by atoms with Crippen LogP contribution < -0.4 is 21.8 Å². The molecule has 0 bridgehead atoms. The Kier molecular flexibility index (Phi) is 3.95. The summed E-state index contributed by atoms with van der Waals surface area (Å²) in [7, 11) is 0. The van der Waals surface area contributed by atoms with Crippen LogP contribution in [0.25, 0.3) is 22.3 Å². The first-order chi connectivity index (χ1) is 14.2. The molecule has 5 N–H and O–H groups in total. The number of nitrogens with one attached hydrogen (secondary N) is 5. The van der Waals surface area contributed by atoms with Crippen molar-refractivity contribution in [3.8, 4) is 11.3 Å². The Morgan fingerprint density at radius 1 is 0.931 bits per heavy atom. The number of aromatic amines is 1. The van der Waals surface area contributed by atoms with E-state index < -0.39 is 11.6 Å². The first-order valence-corrected chi connectivity index (χ1v) is 8.39. The van der Waals surface area contributed by atoms with Crippen molar-refractivity contribution >= 4 is 28.5 Å². The quantitative estimate of drug-likeness (QED) is 0.354. The third kappa shape index (κ3) is 3.17. The van der Waals surface area contributed by atoms with Gasteiger partial charge in [0.1, 0.15) is 11.5 Å². The predicted molar refractivity (Wildman–Crippen MR) is 100 cm³/mol. The Morgan fingerprint density at radius 2 is 1.79 bits per heavy atom. The summed E-state index contributed by atoms with van der Waals surface area (Å²) in [4.78, 5) is 19.6. The minimum absolute atomic E-state index is 0.00580. The van der Waals surface area contributed by atoms with E-state index >= 15 is 0 Å². The van der Waals surface area contributed by atoms with E-state index in [1.165, 1.54) is 6.33 Å². The fourth-order valence-electron chi connectivity index (χ4n) is 2.90. The summed E-state index contributed by atoms with van der Waals surface area (Å²) in [6.45, 7) is 0. The second-order valence-electron chi connectivity index (χ2n) is 6.05. The van der Waals surface area contributed by atoms with E-state index in [9.17, 15) is 8.78 Å². The van der Waals surface area contributed by atoms with Crippen molar-refractivity contribution in [2.75, 3.05) is 5.32 Å². The lowest BCUT2D eigenvalue weighted by Gasteiger charge is -2.09. The predicted octanol–water partition coefficient (Wildman–Crippen LogP) is 1.71. The number of hydrazone groups is 1. The molecule has 0 spiro atoms. The number of halogens is 2. The van der Waals surface area contributed by atoms with Gasteiger partial charge in [-0.1, -0.05) is 0 Å². The van der Waals surface area contributed by atoms with Gasteiger partial charge in [0, 0.05) is 29.7 Å². The number of pyridine rings is 1. The average Bonchev–Trinajstić information content (AvgIpc) is 3.40. The first kappa shape index (κ1) is 16.9. The van der Waals surface area contributed by atoms with Crippen LogP contribution in [0.5, 0.6) is 0 Å². The molecule has 0 amide bonds. The summed E-state index contributed by atoms with van der Waals surface area (Å²) < 4.78 is 27.6. The number of hydrazine groups is 2. The van der Waals surface area contributed by atoms with E-state index in [0.29, 0.717) is 39.6 Å². The number of rotatable bonds is 4. The number of fused-ring (bicyclic) bond motifs is 1. The van der Waals surface area contributed by atoms with Crippen molar-refractivity contribution < 1.29 is 8.78 Å². The maximum Gasteiger partial charge on any atom is 0.227 e. The topological polar surface area (TPSA) is 128 Å². The summed E-state index contributed by atoms with van der Waals surface area (Å²) >= 11 is 0. The fourth-order valence-corrected chi connectivity index (χ4v) is 2.90. The number of nitrogens with zero attached hydrogens (tertiary/aromatic N) is 5. The highest BCUT2D eigenvalue weighted by molar-refractivity contribution is 5.98. The fraction of sp³-hybridized carbons (Fsp3) is 0. The van der Waals surface area contributed by atoms with Crippen LogP contribution in [-0.2, 0) is 0 Å². The van der Waals surface area contributed by atoms with E-state index in [4.69, 9.17) is 0 Å². The monoisotopic (exact) mass is 394 g/mol. The number of hydrogen-bond donors (Lipinski definition) is 5. The number of amidine groups is 1. The number of imidazole rings is 1. The summed E-state index contributed by atoms with van der Waals surface area (Å²) in [6.07, 6.45) is 5.63. The Hall–Kier alpha value is -4.19. The van der Waals surface area contributed by atoms with Crippen LogP contribution in [0.2, 0.25) is 0 Å². The van der Waals surface area contributed by atoms with E-state index in [1.54, 1.807) is 24.5 Å². The van der Waals surface area contributed by atoms with Gasteiger partial charge in [-0.2, -0.15) is 0 Å². The van der Waals surface area contributed by atoms with Crippen LogP contribution in [0, 0.1) is 11.6 Å². The molecular weight excluding hydrogens is 382 g/mol. The summed E-state index contributed by atoms with van der Waals surface area (Å²) in [5, 5.41) is 7.03. The van der Waals surface area contributed by atoms with E-state index in [0.717, 1.165) is 12.3 Å². The van der Waals surface area contributed by atoms with Gasteiger partial charge in [-0.05, 0) is 12.1 Å². The van der Waals surface area contributed by atoms with Crippen LogP contribution in [0.15, 0.2) is 48.2 Å². The molecule has 0 atom stereocenters. The molecule has 0 saturated carbocycles. The molecule has 0 radical (unpaired) electrons. The van der Waals surface area contributed by atoms with E-state index in [1.807, 2.05) is 0 Å². The van der Waals surface area contributed by atoms with Gasteiger partial charge in [-0.15, -0.1) is 10.6 Å². The molecule has 5 rings (SSSR count). The lowest BCUT2D eigenvalue weighted by atomic mass is 10.1. The van der Waals surface area contributed by atoms with Gasteiger partial charge in [-0.25, -0.2) is 29.3 Å². The van der Waals surface area contributed by atoms with Crippen molar-refractivity contribution in [2.45, 2.75) is 0 Å². The van der Waals surface area contributed by atoms with Gasteiger partial charge in [0.05, 0.1) is 29.1 Å². The van der Waals surface area contributed by atoms with Gasteiger partial charge in [0.25, 0.3) is 0 Å². The summed E-state index contributed by atoms with van der Waals surface area (Å²) in [6, 6.07) is 4.22. The van der Waals surface area contributed by atoms with Gasteiger partial charge in [0.2, 0.25) is 5.95 Å². The lowest BCUT2D eigenvalue weighted by molar-refractivity contribution is 0.576. The number of benzene rings is 1. The molecule has 12 heteroatoms. The van der Waals surface area contributed by atoms with Crippen molar-refractivity contribution in [1.29, 1.82) is 0 Å². The third-order valence-corrected chi connectivity index (χ3v) is 4.17. The van der Waals surface area contributed by atoms with Crippen LogP contribution in [0.1, 0.15) is 5.56 Å². The molecule has 3 aromatic heterocycles. The molecule has 4 heterocycles.